The number of methoxy groups -OCH3 is 1. The fraction of sp³-hybridized carbons (Fsp3) is 0.214. The van der Waals surface area contributed by atoms with Crippen LogP contribution in [0.3, 0.4) is 0 Å². The van der Waals surface area contributed by atoms with E-state index in [0.29, 0.717) is 12.5 Å². The van der Waals surface area contributed by atoms with E-state index in [9.17, 15) is 0 Å². The van der Waals surface area contributed by atoms with E-state index in [-0.39, 0.29) is 24.0 Å². The number of thiophene rings is 1. The number of nitrogens with two attached hydrogens (primary N) is 1. The standard InChI is InChI=1S/C14H17N3OS.HI/c1-10-6-7-19-13(10)9-16-14(15)17-11-4-3-5-12(8-11)18-2;/h3-8H,9H2,1-2H3,(H3,15,16,17);1H. The highest BCUT2D eigenvalue weighted by Crippen LogP contribution is 2.18. The predicted molar refractivity (Wildman–Crippen MR) is 96.4 cm³/mol. The Balaban J connectivity index is 0.00000200. The second-order valence-electron chi connectivity index (χ2n) is 4.09. The minimum Gasteiger partial charge on any atom is -0.497 e. The van der Waals surface area contributed by atoms with Gasteiger partial charge in [0.15, 0.2) is 5.96 Å². The first-order chi connectivity index (χ1) is 9.19. The van der Waals surface area contributed by atoms with Gasteiger partial charge in [-0.15, -0.1) is 35.3 Å². The van der Waals surface area contributed by atoms with Gasteiger partial charge in [-0.1, -0.05) is 6.07 Å². The average Bonchev–Trinajstić information content (AvgIpc) is 2.82. The molecule has 0 spiro atoms. The summed E-state index contributed by atoms with van der Waals surface area (Å²) in [5, 5.41) is 5.11. The summed E-state index contributed by atoms with van der Waals surface area (Å²) in [7, 11) is 1.64. The molecule has 0 amide bonds. The summed E-state index contributed by atoms with van der Waals surface area (Å²) in [6, 6.07) is 9.66. The Kier molecular flexibility index (Phi) is 6.80. The predicted octanol–water partition coefficient (Wildman–Crippen LogP) is 3.61. The maximum atomic E-state index is 5.87. The van der Waals surface area contributed by atoms with Crippen molar-refractivity contribution in [2.45, 2.75) is 13.5 Å². The number of halogens is 1. The Hall–Kier alpha value is -1.28. The number of rotatable bonds is 4. The van der Waals surface area contributed by atoms with E-state index >= 15 is 0 Å². The van der Waals surface area contributed by atoms with Crippen molar-refractivity contribution in [1.82, 2.24) is 0 Å². The molecule has 2 aromatic rings. The number of aliphatic imine (C=N–C) groups is 1. The molecule has 0 aliphatic rings. The summed E-state index contributed by atoms with van der Waals surface area (Å²) in [6.07, 6.45) is 0. The molecule has 6 heteroatoms. The molecule has 0 saturated heterocycles. The van der Waals surface area contributed by atoms with Gasteiger partial charge in [0.1, 0.15) is 5.75 Å². The van der Waals surface area contributed by atoms with Gasteiger partial charge >= 0.3 is 0 Å². The van der Waals surface area contributed by atoms with Crippen LogP contribution in [0.25, 0.3) is 0 Å². The molecule has 1 heterocycles. The second-order valence-corrected chi connectivity index (χ2v) is 5.09. The van der Waals surface area contributed by atoms with Gasteiger partial charge in [0.25, 0.3) is 0 Å². The van der Waals surface area contributed by atoms with Gasteiger partial charge in [-0.2, -0.15) is 0 Å². The molecule has 3 N–H and O–H groups in total. The van der Waals surface area contributed by atoms with Crippen LogP contribution in [0.2, 0.25) is 0 Å². The molecule has 1 aromatic heterocycles. The van der Waals surface area contributed by atoms with Gasteiger partial charge in [-0.3, -0.25) is 0 Å². The van der Waals surface area contributed by atoms with Gasteiger partial charge in [0, 0.05) is 16.6 Å². The van der Waals surface area contributed by atoms with Crippen molar-refractivity contribution in [2.75, 3.05) is 12.4 Å². The Morgan fingerprint density at radius 2 is 2.20 bits per heavy atom. The van der Waals surface area contributed by atoms with Crippen LogP contribution in [0.1, 0.15) is 10.4 Å². The van der Waals surface area contributed by atoms with Crippen LogP contribution in [-0.2, 0) is 6.54 Å². The van der Waals surface area contributed by atoms with Crippen molar-refractivity contribution in [3.05, 3.63) is 46.2 Å². The number of hydrogen-bond acceptors (Lipinski definition) is 3. The van der Waals surface area contributed by atoms with Crippen molar-refractivity contribution in [2.24, 2.45) is 10.7 Å². The summed E-state index contributed by atoms with van der Waals surface area (Å²) >= 11 is 1.69. The van der Waals surface area contributed by atoms with Crippen LogP contribution in [0, 0.1) is 6.92 Å². The van der Waals surface area contributed by atoms with Crippen LogP contribution in [0.15, 0.2) is 40.7 Å². The molecule has 0 fully saturated rings. The minimum absolute atomic E-state index is 0. The molecule has 0 atom stereocenters. The minimum atomic E-state index is 0. The third-order valence-corrected chi connectivity index (χ3v) is 3.71. The van der Waals surface area contributed by atoms with E-state index in [1.165, 1.54) is 10.4 Å². The highest BCUT2D eigenvalue weighted by molar-refractivity contribution is 14.0. The van der Waals surface area contributed by atoms with E-state index in [1.807, 2.05) is 24.3 Å². The first kappa shape index (κ1) is 16.8. The summed E-state index contributed by atoms with van der Waals surface area (Å²) in [4.78, 5) is 5.56. The molecule has 0 saturated carbocycles. The zero-order chi connectivity index (χ0) is 13.7. The number of hydrogen-bond donors (Lipinski definition) is 2. The Morgan fingerprint density at radius 1 is 1.40 bits per heavy atom. The number of guanidine groups is 1. The number of anilines is 1. The molecule has 0 unspecified atom stereocenters. The molecular weight excluding hydrogens is 385 g/mol. The highest BCUT2D eigenvalue weighted by Gasteiger charge is 2.00. The lowest BCUT2D eigenvalue weighted by Crippen LogP contribution is -2.22. The number of ether oxygens (including phenoxy) is 1. The maximum absolute atomic E-state index is 5.87. The molecule has 0 bridgehead atoms. The molecule has 0 radical (unpaired) electrons. The SMILES string of the molecule is COc1cccc(NC(N)=NCc2sccc2C)c1.I. The number of aryl methyl sites for hydroxylation is 1. The fourth-order valence-electron chi connectivity index (χ4n) is 1.61. The van der Waals surface area contributed by atoms with Crippen molar-refractivity contribution in [1.29, 1.82) is 0 Å². The van der Waals surface area contributed by atoms with Gasteiger partial charge in [-0.25, -0.2) is 4.99 Å². The van der Waals surface area contributed by atoms with Crippen molar-refractivity contribution < 1.29 is 4.74 Å². The Morgan fingerprint density at radius 3 is 2.85 bits per heavy atom. The van der Waals surface area contributed by atoms with E-state index in [2.05, 4.69) is 28.7 Å². The van der Waals surface area contributed by atoms with E-state index < -0.39 is 0 Å². The van der Waals surface area contributed by atoms with E-state index in [1.54, 1.807) is 18.4 Å². The molecule has 1 aromatic carbocycles. The van der Waals surface area contributed by atoms with Crippen molar-refractivity contribution in [3.8, 4) is 5.75 Å². The first-order valence-electron chi connectivity index (χ1n) is 5.93. The Bertz CT molecular complexity index is 583. The topological polar surface area (TPSA) is 59.6 Å². The zero-order valence-electron chi connectivity index (χ0n) is 11.4. The summed E-state index contributed by atoms with van der Waals surface area (Å²) in [5.41, 5.74) is 7.98. The van der Waals surface area contributed by atoms with Crippen LogP contribution in [0.4, 0.5) is 5.69 Å². The van der Waals surface area contributed by atoms with Gasteiger partial charge in [0.2, 0.25) is 0 Å². The largest absolute Gasteiger partial charge is 0.497 e. The van der Waals surface area contributed by atoms with E-state index in [4.69, 9.17) is 10.5 Å². The zero-order valence-corrected chi connectivity index (χ0v) is 14.6. The summed E-state index contributed by atoms with van der Waals surface area (Å²) < 4.78 is 5.15. The lowest BCUT2D eigenvalue weighted by molar-refractivity contribution is 0.415. The first-order valence-corrected chi connectivity index (χ1v) is 6.81. The van der Waals surface area contributed by atoms with Crippen molar-refractivity contribution in [3.63, 3.8) is 0 Å². The second kappa shape index (κ2) is 8.11. The van der Waals surface area contributed by atoms with Gasteiger partial charge < -0.3 is 15.8 Å². The summed E-state index contributed by atoms with van der Waals surface area (Å²) in [6.45, 7) is 2.68. The molecule has 0 aliphatic carbocycles. The smallest absolute Gasteiger partial charge is 0.193 e. The maximum Gasteiger partial charge on any atom is 0.193 e. The molecule has 108 valence electrons. The third kappa shape index (κ3) is 4.68. The highest BCUT2D eigenvalue weighted by atomic mass is 127. The lowest BCUT2D eigenvalue weighted by Gasteiger charge is -2.07. The molecular formula is C14H18IN3OS. The van der Waals surface area contributed by atoms with Gasteiger partial charge in [-0.05, 0) is 36.1 Å². The van der Waals surface area contributed by atoms with Gasteiger partial charge in [0.05, 0.1) is 13.7 Å². The number of nitrogens with one attached hydrogen (secondary N) is 1. The molecule has 4 nitrogen and oxygen atoms in total. The Labute approximate surface area is 140 Å². The quantitative estimate of drug-likeness (QED) is 0.466. The number of nitrogens with zero attached hydrogens (tertiary/aromatic N) is 1. The fourth-order valence-corrected chi connectivity index (χ4v) is 2.44. The monoisotopic (exact) mass is 403 g/mol. The third-order valence-electron chi connectivity index (χ3n) is 2.70. The lowest BCUT2D eigenvalue weighted by atomic mass is 10.3. The van der Waals surface area contributed by atoms with Crippen LogP contribution in [0.5, 0.6) is 5.75 Å². The number of benzene rings is 1. The average molecular weight is 403 g/mol. The van der Waals surface area contributed by atoms with Crippen molar-refractivity contribution >= 4 is 47.0 Å². The molecule has 20 heavy (non-hydrogen) atoms. The van der Waals surface area contributed by atoms with Crippen LogP contribution >= 0.6 is 35.3 Å². The molecule has 0 aliphatic heterocycles. The van der Waals surface area contributed by atoms with Crippen LogP contribution < -0.4 is 15.8 Å². The normalized spacial score (nSPS) is 10.8. The van der Waals surface area contributed by atoms with E-state index in [0.717, 1.165) is 11.4 Å². The molecule has 2 rings (SSSR count). The van der Waals surface area contributed by atoms with Crippen LogP contribution in [-0.4, -0.2) is 13.1 Å². The summed E-state index contributed by atoms with van der Waals surface area (Å²) in [5.74, 6) is 1.19.